The number of anilines is 1. The number of H-pyrrole nitrogens is 1. The fourth-order valence-electron chi connectivity index (χ4n) is 3.99. The molecule has 2 N–H and O–H groups in total. The number of aliphatic hydroxyl groups is 1. The molecule has 1 aromatic carbocycles. The van der Waals surface area contributed by atoms with Crippen LogP contribution in [0.5, 0.6) is 0 Å². The highest BCUT2D eigenvalue weighted by Gasteiger charge is 2.34. The monoisotopic (exact) mass is 340 g/mol. The molecule has 0 radical (unpaired) electrons. The van der Waals surface area contributed by atoms with E-state index in [1.54, 1.807) is 0 Å². The average molecular weight is 340 g/mol. The van der Waals surface area contributed by atoms with Crippen molar-refractivity contribution in [2.24, 2.45) is 5.92 Å². The van der Waals surface area contributed by atoms with Gasteiger partial charge < -0.3 is 10.0 Å². The Morgan fingerprint density at radius 1 is 1.36 bits per heavy atom. The minimum atomic E-state index is -0.407. The first-order valence-corrected chi connectivity index (χ1v) is 8.90. The summed E-state index contributed by atoms with van der Waals surface area (Å²) in [7, 11) is 0. The number of carbonyl (C=O) groups excluding carboxylic acids is 1. The molecule has 1 saturated heterocycles. The highest BCUT2D eigenvalue weighted by atomic mass is 16.3. The highest BCUT2D eigenvalue weighted by molar-refractivity contribution is 5.96. The maximum Gasteiger partial charge on any atom is 0.241 e. The second-order valence-corrected chi connectivity index (χ2v) is 7.19. The number of aliphatic hydroxyl groups excluding tert-OH is 1. The van der Waals surface area contributed by atoms with Gasteiger partial charge in [0.05, 0.1) is 18.3 Å². The molecule has 4 rings (SSSR count). The molecule has 2 atom stereocenters. The Bertz CT molecular complexity index is 772. The maximum absolute atomic E-state index is 12.7. The largest absolute Gasteiger partial charge is 0.391 e. The minimum Gasteiger partial charge on any atom is -0.391 e. The third-order valence-electron chi connectivity index (χ3n) is 5.26. The lowest BCUT2D eigenvalue weighted by molar-refractivity contribution is -0.119. The summed E-state index contributed by atoms with van der Waals surface area (Å²) >= 11 is 0. The van der Waals surface area contributed by atoms with Gasteiger partial charge in [-0.1, -0.05) is 18.2 Å². The van der Waals surface area contributed by atoms with Crippen LogP contribution in [0.1, 0.15) is 17.0 Å². The van der Waals surface area contributed by atoms with E-state index >= 15 is 0 Å². The topological polar surface area (TPSA) is 72.5 Å². The van der Waals surface area contributed by atoms with Gasteiger partial charge in [-0.15, -0.1) is 0 Å². The quantitative estimate of drug-likeness (QED) is 0.876. The van der Waals surface area contributed by atoms with Gasteiger partial charge in [0.25, 0.3) is 0 Å². The molecule has 3 heterocycles. The van der Waals surface area contributed by atoms with E-state index in [-0.39, 0.29) is 11.8 Å². The Morgan fingerprint density at radius 2 is 2.20 bits per heavy atom. The molecule has 1 amide bonds. The zero-order valence-electron chi connectivity index (χ0n) is 14.5. The Hall–Kier alpha value is -2.18. The molecule has 2 aromatic rings. The molecule has 6 heteroatoms. The first-order chi connectivity index (χ1) is 12.1. The number of benzene rings is 1. The second kappa shape index (κ2) is 6.61. The lowest BCUT2D eigenvalue weighted by Gasteiger charge is -2.21. The van der Waals surface area contributed by atoms with Gasteiger partial charge in [-0.2, -0.15) is 5.10 Å². The lowest BCUT2D eigenvalue weighted by Crippen LogP contribution is -2.39. The molecule has 2 aliphatic rings. The van der Waals surface area contributed by atoms with Gasteiger partial charge in [-0.3, -0.25) is 14.8 Å². The fourth-order valence-corrected chi connectivity index (χ4v) is 3.99. The Morgan fingerprint density at radius 3 is 3.00 bits per heavy atom. The summed E-state index contributed by atoms with van der Waals surface area (Å²) in [6.45, 7) is 4.37. The van der Waals surface area contributed by atoms with E-state index in [1.807, 2.05) is 36.1 Å². The van der Waals surface area contributed by atoms with Crippen molar-refractivity contribution in [3.63, 3.8) is 0 Å². The van der Waals surface area contributed by atoms with Crippen molar-refractivity contribution in [2.45, 2.75) is 25.9 Å². The van der Waals surface area contributed by atoms with Crippen molar-refractivity contribution in [1.29, 1.82) is 0 Å². The summed E-state index contributed by atoms with van der Waals surface area (Å²) in [6.07, 6.45) is 1.25. The average Bonchev–Trinajstić information content (AvgIpc) is 3.27. The van der Waals surface area contributed by atoms with Gasteiger partial charge in [0, 0.05) is 36.9 Å². The number of carbonyl (C=O) groups is 1. The van der Waals surface area contributed by atoms with Crippen LogP contribution in [-0.4, -0.2) is 58.4 Å². The standard InChI is InChI=1S/C19H24N4O2/c1-13-8-16(21-20-13)9-15-10-22(11-18(15)24)12-19(25)23-7-6-14-4-2-3-5-17(14)23/h2-5,8,15,18,24H,6-7,9-12H2,1H3,(H,20,21)/t15-,18-/m1/s1. The summed E-state index contributed by atoms with van der Waals surface area (Å²) in [5, 5.41) is 17.6. The molecule has 0 bridgehead atoms. The van der Waals surface area contributed by atoms with Crippen LogP contribution >= 0.6 is 0 Å². The number of aromatic nitrogens is 2. The van der Waals surface area contributed by atoms with Gasteiger partial charge >= 0.3 is 0 Å². The first kappa shape index (κ1) is 16.3. The summed E-state index contributed by atoms with van der Waals surface area (Å²) < 4.78 is 0. The molecule has 0 aliphatic carbocycles. The number of β-amino-alcohol motifs (C(OH)–C–C–N with tert-alkyl or cyclic N) is 1. The van der Waals surface area contributed by atoms with Crippen molar-refractivity contribution in [3.8, 4) is 0 Å². The molecule has 1 fully saturated rings. The molecule has 0 saturated carbocycles. The molecular weight excluding hydrogens is 316 g/mol. The summed E-state index contributed by atoms with van der Waals surface area (Å²) in [5.41, 5.74) is 4.28. The molecular formula is C19H24N4O2. The van der Waals surface area contributed by atoms with E-state index in [9.17, 15) is 9.90 Å². The number of likely N-dealkylation sites (tertiary alicyclic amines) is 1. The normalized spacial score (nSPS) is 23.2. The molecule has 0 spiro atoms. The number of nitrogens with one attached hydrogen (secondary N) is 1. The number of para-hydroxylation sites is 1. The number of hydrogen-bond donors (Lipinski definition) is 2. The second-order valence-electron chi connectivity index (χ2n) is 7.19. The number of rotatable bonds is 4. The van der Waals surface area contributed by atoms with Gasteiger partial charge in [-0.05, 0) is 37.5 Å². The third-order valence-corrected chi connectivity index (χ3v) is 5.26. The van der Waals surface area contributed by atoms with Gasteiger partial charge in [0.2, 0.25) is 5.91 Å². The predicted octanol–water partition coefficient (Wildman–Crippen LogP) is 1.14. The first-order valence-electron chi connectivity index (χ1n) is 8.90. The van der Waals surface area contributed by atoms with E-state index in [2.05, 4.69) is 21.2 Å². The lowest BCUT2D eigenvalue weighted by atomic mass is 10.0. The molecule has 0 unspecified atom stereocenters. The molecule has 1 aromatic heterocycles. The molecule has 2 aliphatic heterocycles. The van der Waals surface area contributed by atoms with Crippen molar-refractivity contribution in [3.05, 3.63) is 47.3 Å². The zero-order chi connectivity index (χ0) is 17.4. The third kappa shape index (κ3) is 3.32. The van der Waals surface area contributed by atoms with Crippen LogP contribution in [0.3, 0.4) is 0 Å². The molecule has 25 heavy (non-hydrogen) atoms. The molecule has 132 valence electrons. The maximum atomic E-state index is 12.7. The number of aryl methyl sites for hydroxylation is 1. The minimum absolute atomic E-state index is 0.119. The van der Waals surface area contributed by atoms with E-state index in [4.69, 9.17) is 0 Å². The highest BCUT2D eigenvalue weighted by Crippen LogP contribution is 2.28. The number of amides is 1. The van der Waals surface area contributed by atoms with Gasteiger partial charge in [0.1, 0.15) is 0 Å². The number of nitrogens with zero attached hydrogens (tertiary/aromatic N) is 3. The van der Waals surface area contributed by atoms with E-state index in [0.717, 1.165) is 43.0 Å². The van der Waals surface area contributed by atoms with E-state index < -0.39 is 6.10 Å². The van der Waals surface area contributed by atoms with E-state index in [1.165, 1.54) is 5.56 Å². The summed E-state index contributed by atoms with van der Waals surface area (Å²) in [6, 6.07) is 10.1. The van der Waals surface area contributed by atoms with Crippen LogP contribution in [-0.2, 0) is 17.6 Å². The Labute approximate surface area is 147 Å². The van der Waals surface area contributed by atoms with Crippen LogP contribution in [0, 0.1) is 12.8 Å². The Balaban J connectivity index is 1.36. The van der Waals surface area contributed by atoms with Gasteiger partial charge in [0.15, 0.2) is 0 Å². The molecule has 6 nitrogen and oxygen atoms in total. The zero-order valence-corrected chi connectivity index (χ0v) is 14.5. The van der Waals surface area contributed by atoms with Crippen molar-refractivity contribution in [1.82, 2.24) is 15.1 Å². The fraction of sp³-hybridized carbons (Fsp3) is 0.474. The van der Waals surface area contributed by atoms with Crippen molar-refractivity contribution < 1.29 is 9.90 Å². The van der Waals surface area contributed by atoms with Crippen LogP contribution in [0.25, 0.3) is 0 Å². The summed E-state index contributed by atoms with van der Waals surface area (Å²) in [5.74, 6) is 0.245. The predicted molar refractivity (Wildman–Crippen MR) is 95.5 cm³/mol. The summed E-state index contributed by atoms with van der Waals surface area (Å²) in [4.78, 5) is 16.7. The SMILES string of the molecule is Cc1cc(C[C@@H]2CN(CC(=O)N3CCc4ccccc43)C[C@H]2O)n[nH]1. The number of fused-ring (bicyclic) bond motifs is 1. The van der Waals surface area contributed by atoms with Crippen LogP contribution in [0.2, 0.25) is 0 Å². The van der Waals surface area contributed by atoms with Crippen LogP contribution in [0.15, 0.2) is 30.3 Å². The van der Waals surface area contributed by atoms with E-state index in [0.29, 0.717) is 13.1 Å². The van der Waals surface area contributed by atoms with Crippen molar-refractivity contribution in [2.75, 3.05) is 31.1 Å². The van der Waals surface area contributed by atoms with Crippen LogP contribution < -0.4 is 4.90 Å². The number of aromatic amines is 1. The number of hydrogen-bond acceptors (Lipinski definition) is 4. The van der Waals surface area contributed by atoms with Crippen molar-refractivity contribution >= 4 is 11.6 Å². The van der Waals surface area contributed by atoms with Crippen LogP contribution in [0.4, 0.5) is 5.69 Å². The Kier molecular flexibility index (Phi) is 4.31. The smallest absolute Gasteiger partial charge is 0.241 e. The van der Waals surface area contributed by atoms with Gasteiger partial charge in [-0.25, -0.2) is 0 Å².